The van der Waals surface area contributed by atoms with E-state index in [1.165, 1.54) is 5.56 Å². The Bertz CT molecular complexity index is 693. The predicted octanol–water partition coefficient (Wildman–Crippen LogP) is 3.21. The maximum absolute atomic E-state index is 12.5. The summed E-state index contributed by atoms with van der Waals surface area (Å²) in [5.74, 6) is 2.50. The quantitative estimate of drug-likeness (QED) is 0.810. The van der Waals surface area contributed by atoms with Crippen LogP contribution in [0.1, 0.15) is 30.7 Å². The van der Waals surface area contributed by atoms with E-state index in [4.69, 9.17) is 4.74 Å². The van der Waals surface area contributed by atoms with E-state index in [0.717, 1.165) is 37.5 Å². The molecule has 1 unspecified atom stereocenters. The highest BCUT2D eigenvalue weighted by atomic mass is 16.5. The Morgan fingerprint density at radius 3 is 2.80 bits per heavy atom. The van der Waals surface area contributed by atoms with E-state index in [1.54, 1.807) is 6.20 Å². The molecule has 2 heterocycles. The Labute approximate surface area is 149 Å². The first-order valence-corrected chi connectivity index (χ1v) is 9.07. The molecule has 0 radical (unpaired) electrons. The molecule has 0 N–H and O–H groups in total. The fourth-order valence-electron chi connectivity index (χ4n) is 3.29. The minimum absolute atomic E-state index is 0.230. The average molecular weight is 341 g/mol. The molecular formula is C20H27N3O2. The van der Waals surface area contributed by atoms with Crippen molar-refractivity contribution in [1.82, 2.24) is 14.5 Å². The fraction of sp³-hybridized carbons (Fsp3) is 0.500. The molecule has 1 amide bonds. The molecule has 0 aliphatic carbocycles. The van der Waals surface area contributed by atoms with Gasteiger partial charge in [-0.25, -0.2) is 4.98 Å². The second kappa shape index (κ2) is 8.19. The van der Waals surface area contributed by atoms with Gasteiger partial charge in [0, 0.05) is 44.4 Å². The van der Waals surface area contributed by atoms with Gasteiger partial charge < -0.3 is 14.2 Å². The number of piperidine rings is 1. The van der Waals surface area contributed by atoms with Crippen molar-refractivity contribution < 1.29 is 9.53 Å². The van der Waals surface area contributed by atoms with Gasteiger partial charge >= 0.3 is 0 Å². The third kappa shape index (κ3) is 4.84. The number of carbonyl (C=O) groups is 1. The van der Waals surface area contributed by atoms with Crippen LogP contribution in [0.5, 0.6) is 5.75 Å². The first-order chi connectivity index (χ1) is 12.1. The minimum atomic E-state index is 0.230. The highest BCUT2D eigenvalue weighted by molar-refractivity contribution is 5.76. The van der Waals surface area contributed by atoms with Gasteiger partial charge in [0.05, 0.1) is 6.61 Å². The number of amides is 1. The number of hydrogen-bond acceptors (Lipinski definition) is 3. The van der Waals surface area contributed by atoms with Crippen LogP contribution in [0.3, 0.4) is 0 Å². The summed E-state index contributed by atoms with van der Waals surface area (Å²) in [6, 6.07) is 8.14. The smallest absolute Gasteiger partial charge is 0.224 e. The normalized spacial score (nSPS) is 17.5. The molecular weight excluding hydrogens is 314 g/mol. The highest BCUT2D eigenvalue weighted by Gasteiger charge is 2.24. The number of nitrogens with zero attached hydrogens (tertiary/aromatic N) is 3. The molecule has 1 aromatic heterocycles. The molecule has 1 fully saturated rings. The number of benzene rings is 1. The molecule has 5 heteroatoms. The molecule has 134 valence electrons. The lowest BCUT2D eigenvalue weighted by Crippen LogP contribution is -2.41. The lowest BCUT2D eigenvalue weighted by Gasteiger charge is -2.32. The largest absolute Gasteiger partial charge is 0.493 e. The molecule has 1 aliphatic heterocycles. The Balaban J connectivity index is 1.46. The molecule has 1 aromatic carbocycles. The van der Waals surface area contributed by atoms with Crippen LogP contribution < -0.4 is 4.74 Å². The van der Waals surface area contributed by atoms with Gasteiger partial charge in [-0.15, -0.1) is 0 Å². The number of aryl methyl sites for hydroxylation is 3. The SMILES string of the molecule is Cc1ccc(OCC2CCCN(C(=O)CCn3ccnc3C)C2)cc1. The van der Waals surface area contributed by atoms with Crippen LogP contribution in [-0.4, -0.2) is 40.1 Å². The number of likely N-dealkylation sites (tertiary alicyclic amines) is 1. The molecule has 1 aliphatic rings. The maximum Gasteiger partial charge on any atom is 0.224 e. The summed E-state index contributed by atoms with van der Waals surface area (Å²) in [5.41, 5.74) is 1.23. The molecule has 2 aromatic rings. The lowest BCUT2D eigenvalue weighted by atomic mass is 9.98. The van der Waals surface area contributed by atoms with E-state index in [2.05, 4.69) is 24.0 Å². The lowest BCUT2D eigenvalue weighted by molar-refractivity contribution is -0.133. The zero-order chi connectivity index (χ0) is 17.6. The summed E-state index contributed by atoms with van der Waals surface area (Å²) in [6.07, 6.45) is 6.41. The number of hydrogen-bond donors (Lipinski definition) is 0. The standard InChI is InChI=1S/C20H27N3O2/c1-16-5-7-19(8-6-16)25-15-18-4-3-11-23(14-18)20(24)9-12-22-13-10-21-17(22)2/h5-8,10,13,18H,3-4,9,11-12,14-15H2,1-2H3. The first-order valence-electron chi connectivity index (χ1n) is 9.07. The average Bonchev–Trinajstić information content (AvgIpc) is 3.04. The second-order valence-corrected chi connectivity index (χ2v) is 6.89. The Morgan fingerprint density at radius 2 is 2.08 bits per heavy atom. The van der Waals surface area contributed by atoms with Gasteiger partial charge in [0.15, 0.2) is 0 Å². The Hall–Kier alpha value is -2.30. The monoisotopic (exact) mass is 341 g/mol. The van der Waals surface area contributed by atoms with Gasteiger partial charge in [-0.2, -0.15) is 0 Å². The predicted molar refractivity (Wildman–Crippen MR) is 97.6 cm³/mol. The van der Waals surface area contributed by atoms with E-state index in [0.29, 0.717) is 25.5 Å². The van der Waals surface area contributed by atoms with Gasteiger partial charge in [0.25, 0.3) is 0 Å². The minimum Gasteiger partial charge on any atom is -0.493 e. The van der Waals surface area contributed by atoms with Crippen molar-refractivity contribution >= 4 is 5.91 Å². The fourth-order valence-corrected chi connectivity index (χ4v) is 3.29. The third-order valence-corrected chi connectivity index (χ3v) is 4.87. The zero-order valence-corrected chi connectivity index (χ0v) is 15.1. The van der Waals surface area contributed by atoms with E-state index in [-0.39, 0.29) is 5.91 Å². The topological polar surface area (TPSA) is 47.4 Å². The summed E-state index contributed by atoms with van der Waals surface area (Å²) in [6.45, 7) is 7.07. The van der Waals surface area contributed by atoms with Crippen LogP contribution in [0.15, 0.2) is 36.7 Å². The van der Waals surface area contributed by atoms with E-state index in [1.807, 2.05) is 34.7 Å². The number of imidazole rings is 1. The maximum atomic E-state index is 12.5. The van der Waals surface area contributed by atoms with Crippen LogP contribution in [0, 0.1) is 19.8 Å². The van der Waals surface area contributed by atoms with Crippen molar-refractivity contribution in [3.63, 3.8) is 0 Å². The van der Waals surface area contributed by atoms with Gasteiger partial charge in [-0.1, -0.05) is 17.7 Å². The van der Waals surface area contributed by atoms with Crippen molar-refractivity contribution in [3.8, 4) is 5.75 Å². The molecule has 5 nitrogen and oxygen atoms in total. The molecule has 0 bridgehead atoms. The Kier molecular flexibility index (Phi) is 5.74. The van der Waals surface area contributed by atoms with Crippen molar-refractivity contribution in [2.24, 2.45) is 5.92 Å². The molecule has 1 saturated heterocycles. The van der Waals surface area contributed by atoms with Crippen LogP contribution >= 0.6 is 0 Å². The van der Waals surface area contributed by atoms with Crippen LogP contribution in [0.2, 0.25) is 0 Å². The van der Waals surface area contributed by atoms with Gasteiger partial charge in [0.1, 0.15) is 11.6 Å². The summed E-state index contributed by atoms with van der Waals surface area (Å²) in [5, 5.41) is 0. The summed E-state index contributed by atoms with van der Waals surface area (Å²) >= 11 is 0. The third-order valence-electron chi connectivity index (χ3n) is 4.87. The number of aromatic nitrogens is 2. The summed E-state index contributed by atoms with van der Waals surface area (Å²) in [4.78, 5) is 18.7. The van der Waals surface area contributed by atoms with E-state index >= 15 is 0 Å². The first kappa shape index (κ1) is 17.5. The van der Waals surface area contributed by atoms with Crippen LogP contribution in [0.4, 0.5) is 0 Å². The zero-order valence-electron chi connectivity index (χ0n) is 15.1. The van der Waals surface area contributed by atoms with E-state index in [9.17, 15) is 4.79 Å². The second-order valence-electron chi connectivity index (χ2n) is 6.89. The molecule has 0 spiro atoms. The van der Waals surface area contributed by atoms with Crippen LogP contribution in [0.25, 0.3) is 0 Å². The summed E-state index contributed by atoms with van der Waals surface area (Å²) < 4.78 is 7.94. The highest BCUT2D eigenvalue weighted by Crippen LogP contribution is 2.20. The van der Waals surface area contributed by atoms with Gasteiger partial charge in [-0.05, 0) is 38.8 Å². The van der Waals surface area contributed by atoms with Crippen molar-refractivity contribution in [1.29, 1.82) is 0 Å². The number of carbonyl (C=O) groups excluding carboxylic acids is 1. The van der Waals surface area contributed by atoms with E-state index < -0.39 is 0 Å². The number of rotatable bonds is 6. The molecule has 25 heavy (non-hydrogen) atoms. The molecule has 0 saturated carbocycles. The Morgan fingerprint density at radius 1 is 1.28 bits per heavy atom. The van der Waals surface area contributed by atoms with Crippen LogP contribution in [-0.2, 0) is 11.3 Å². The number of ether oxygens (including phenoxy) is 1. The van der Waals surface area contributed by atoms with Gasteiger partial charge in [0.2, 0.25) is 5.91 Å². The molecule has 1 atom stereocenters. The van der Waals surface area contributed by atoms with Crippen molar-refractivity contribution in [2.75, 3.05) is 19.7 Å². The van der Waals surface area contributed by atoms with Gasteiger partial charge in [-0.3, -0.25) is 4.79 Å². The van der Waals surface area contributed by atoms with Crippen molar-refractivity contribution in [3.05, 3.63) is 48.0 Å². The van der Waals surface area contributed by atoms with Crippen molar-refractivity contribution in [2.45, 2.75) is 39.7 Å². The summed E-state index contributed by atoms with van der Waals surface area (Å²) in [7, 11) is 0. The molecule has 3 rings (SSSR count).